The van der Waals surface area contributed by atoms with Crippen molar-refractivity contribution in [3.8, 4) is 6.07 Å². The van der Waals surface area contributed by atoms with Crippen molar-refractivity contribution in [2.24, 2.45) is 0 Å². The number of hydrogen-bond donors (Lipinski definition) is 2. The first-order valence-electron chi connectivity index (χ1n) is 3.76. The molecular formula is C8H7ClN4O. The van der Waals surface area contributed by atoms with Gasteiger partial charge in [0.05, 0.1) is 11.8 Å². The number of nitrogens with zero attached hydrogens (tertiary/aromatic N) is 2. The Hall–Kier alpha value is -1.80. The summed E-state index contributed by atoms with van der Waals surface area (Å²) in [4.78, 5) is 14.8. The van der Waals surface area contributed by atoms with Crippen LogP contribution in [0.2, 0.25) is 5.15 Å². The molecule has 0 unspecified atom stereocenters. The third-order valence-corrected chi connectivity index (χ3v) is 1.64. The average Bonchev–Trinajstić information content (AvgIpc) is 2.18. The fourth-order valence-electron chi connectivity index (χ4n) is 0.766. The molecule has 1 aromatic heterocycles. The predicted octanol–water partition coefficient (Wildman–Crippen LogP) is 1.38. The normalized spacial score (nSPS) is 8.86. The molecule has 2 amide bonds. The van der Waals surface area contributed by atoms with E-state index in [0.717, 1.165) is 0 Å². The molecule has 0 saturated heterocycles. The van der Waals surface area contributed by atoms with Crippen molar-refractivity contribution in [1.82, 2.24) is 10.3 Å². The van der Waals surface area contributed by atoms with Crippen molar-refractivity contribution in [3.05, 3.63) is 23.5 Å². The van der Waals surface area contributed by atoms with E-state index in [4.69, 9.17) is 16.9 Å². The number of aromatic nitrogens is 1. The fourth-order valence-corrected chi connectivity index (χ4v) is 0.932. The Balaban J connectivity index is 2.57. The number of pyridine rings is 1. The van der Waals surface area contributed by atoms with Gasteiger partial charge in [-0.2, -0.15) is 5.26 Å². The van der Waals surface area contributed by atoms with Crippen LogP contribution in [0.4, 0.5) is 10.5 Å². The second kappa shape index (κ2) is 5.04. The molecule has 0 atom stereocenters. The van der Waals surface area contributed by atoms with Crippen LogP contribution in [0, 0.1) is 11.3 Å². The molecule has 14 heavy (non-hydrogen) atoms. The summed E-state index contributed by atoms with van der Waals surface area (Å²) in [5.74, 6) is 0. The molecule has 0 aliphatic heterocycles. The van der Waals surface area contributed by atoms with Crippen molar-refractivity contribution in [2.45, 2.75) is 0 Å². The van der Waals surface area contributed by atoms with Gasteiger partial charge >= 0.3 is 6.03 Å². The molecule has 0 fully saturated rings. The zero-order valence-electron chi connectivity index (χ0n) is 7.12. The Kier molecular flexibility index (Phi) is 3.70. The highest BCUT2D eigenvalue weighted by Gasteiger charge is 2.03. The lowest BCUT2D eigenvalue weighted by atomic mass is 10.4. The smallest absolute Gasteiger partial charge is 0.320 e. The molecule has 1 aromatic rings. The number of urea groups is 1. The van der Waals surface area contributed by atoms with E-state index in [-0.39, 0.29) is 11.7 Å². The monoisotopic (exact) mass is 210 g/mol. The maximum Gasteiger partial charge on any atom is 0.320 e. The molecule has 0 spiro atoms. The fraction of sp³-hybridized carbons (Fsp3) is 0.125. The molecule has 1 heterocycles. The van der Waals surface area contributed by atoms with Gasteiger partial charge in [-0.1, -0.05) is 11.6 Å². The summed E-state index contributed by atoms with van der Waals surface area (Å²) in [5.41, 5.74) is 0.407. The second-order valence-electron chi connectivity index (χ2n) is 2.31. The van der Waals surface area contributed by atoms with Crippen LogP contribution >= 0.6 is 11.6 Å². The van der Waals surface area contributed by atoms with Crippen LogP contribution < -0.4 is 10.6 Å². The molecule has 0 saturated carbocycles. The number of amides is 2. The van der Waals surface area contributed by atoms with Crippen LogP contribution in [-0.4, -0.2) is 17.6 Å². The van der Waals surface area contributed by atoms with E-state index in [1.165, 1.54) is 6.20 Å². The minimum Gasteiger partial charge on any atom is -0.325 e. The first-order chi connectivity index (χ1) is 6.74. The largest absolute Gasteiger partial charge is 0.325 e. The van der Waals surface area contributed by atoms with Gasteiger partial charge in [0.2, 0.25) is 0 Å². The van der Waals surface area contributed by atoms with Gasteiger partial charge in [0.1, 0.15) is 6.54 Å². The van der Waals surface area contributed by atoms with Crippen LogP contribution in [-0.2, 0) is 0 Å². The zero-order chi connectivity index (χ0) is 10.4. The summed E-state index contributed by atoms with van der Waals surface area (Å²) in [5, 5.41) is 13.2. The molecule has 0 aliphatic rings. The van der Waals surface area contributed by atoms with Crippen LogP contribution in [0.25, 0.3) is 0 Å². The molecule has 0 radical (unpaired) electrons. The summed E-state index contributed by atoms with van der Waals surface area (Å²) in [6, 6.07) is 4.55. The number of hydrogen-bond acceptors (Lipinski definition) is 3. The van der Waals surface area contributed by atoms with Crippen molar-refractivity contribution in [3.63, 3.8) is 0 Å². The van der Waals surface area contributed by atoms with Gasteiger partial charge in [0.25, 0.3) is 0 Å². The number of nitriles is 1. The molecule has 6 heteroatoms. The quantitative estimate of drug-likeness (QED) is 0.572. The van der Waals surface area contributed by atoms with E-state index in [9.17, 15) is 4.79 Å². The van der Waals surface area contributed by atoms with Crippen molar-refractivity contribution in [1.29, 1.82) is 5.26 Å². The predicted molar refractivity (Wildman–Crippen MR) is 51.9 cm³/mol. The van der Waals surface area contributed by atoms with Gasteiger partial charge in [-0.3, -0.25) is 0 Å². The van der Waals surface area contributed by atoms with Crippen molar-refractivity contribution in [2.75, 3.05) is 11.9 Å². The third kappa shape index (κ3) is 2.92. The van der Waals surface area contributed by atoms with Crippen LogP contribution in [0.3, 0.4) is 0 Å². The summed E-state index contributed by atoms with van der Waals surface area (Å²) in [7, 11) is 0. The average molecular weight is 211 g/mol. The van der Waals surface area contributed by atoms with Crippen LogP contribution in [0.15, 0.2) is 18.3 Å². The first kappa shape index (κ1) is 10.3. The summed E-state index contributed by atoms with van der Waals surface area (Å²) in [6.07, 6.45) is 1.51. The minimum atomic E-state index is -0.485. The molecule has 5 nitrogen and oxygen atoms in total. The van der Waals surface area contributed by atoms with E-state index in [1.54, 1.807) is 18.2 Å². The summed E-state index contributed by atoms with van der Waals surface area (Å²) < 4.78 is 0. The topological polar surface area (TPSA) is 77.8 Å². The number of carbonyl (C=O) groups excluding carboxylic acids is 1. The highest BCUT2D eigenvalue weighted by Crippen LogP contribution is 2.16. The van der Waals surface area contributed by atoms with E-state index in [1.807, 2.05) is 0 Å². The van der Waals surface area contributed by atoms with Gasteiger partial charge in [-0.05, 0) is 12.1 Å². The Morgan fingerprint density at radius 1 is 1.71 bits per heavy atom. The van der Waals surface area contributed by atoms with E-state index in [0.29, 0.717) is 5.69 Å². The number of carbonyl (C=O) groups is 1. The molecular weight excluding hydrogens is 204 g/mol. The Labute approximate surface area is 85.7 Å². The molecule has 72 valence electrons. The maximum absolute atomic E-state index is 11.1. The van der Waals surface area contributed by atoms with E-state index in [2.05, 4.69) is 15.6 Å². The Bertz CT molecular complexity index is 374. The van der Waals surface area contributed by atoms with E-state index >= 15 is 0 Å². The third-order valence-electron chi connectivity index (χ3n) is 1.34. The number of halogens is 1. The van der Waals surface area contributed by atoms with Gasteiger partial charge in [-0.15, -0.1) is 0 Å². The Morgan fingerprint density at radius 3 is 3.14 bits per heavy atom. The van der Waals surface area contributed by atoms with Gasteiger partial charge < -0.3 is 10.6 Å². The molecule has 0 aliphatic carbocycles. The zero-order valence-corrected chi connectivity index (χ0v) is 7.88. The number of nitrogens with one attached hydrogen (secondary N) is 2. The van der Waals surface area contributed by atoms with Gasteiger partial charge in [0.15, 0.2) is 5.15 Å². The maximum atomic E-state index is 11.1. The molecule has 0 bridgehead atoms. The SMILES string of the molecule is N#CCNC(=O)Nc1cccnc1Cl. The minimum absolute atomic E-state index is 0.0519. The summed E-state index contributed by atoms with van der Waals surface area (Å²) >= 11 is 5.68. The van der Waals surface area contributed by atoms with Gasteiger partial charge in [0, 0.05) is 6.20 Å². The second-order valence-corrected chi connectivity index (χ2v) is 2.67. The van der Waals surface area contributed by atoms with Crippen LogP contribution in [0.1, 0.15) is 0 Å². The Morgan fingerprint density at radius 2 is 2.50 bits per heavy atom. The lowest BCUT2D eigenvalue weighted by Gasteiger charge is -2.05. The van der Waals surface area contributed by atoms with Crippen molar-refractivity contribution < 1.29 is 4.79 Å². The molecule has 0 aromatic carbocycles. The standard InChI is InChI=1S/C8H7ClN4O/c9-7-6(2-1-4-11-7)13-8(14)12-5-3-10/h1-2,4H,5H2,(H2,12,13,14). The summed E-state index contributed by atoms with van der Waals surface area (Å²) in [6.45, 7) is -0.0519. The molecule has 1 rings (SSSR count). The lowest BCUT2D eigenvalue weighted by Crippen LogP contribution is -2.28. The lowest BCUT2D eigenvalue weighted by molar-refractivity contribution is 0.253. The van der Waals surface area contributed by atoms with Crippen molar-refractivity contribution >= 4 is 23.3 Å². The van der Waals surface area contributed by atoms with E-state index < -0.39 is 6.03 Å². The van der Waals surface area contributed by atoms with Gasteiger partial charge in [-0.25, -0.2) is 9.78 Å². The number of anilines is 1. The van der Waals surface area contributed by atoms with Crippen LogP contribution in [0.5, 0.6) is 0 Å². The first-order valence-corrected chi connectivity index (χ1v) is 4.14. The highest BCUT2D eigenvalue weighted by atomic mass is 35.5. The molecule has 2 N–H and O–H groups in total. The number of rotatable bonds is 2. The highest BCUT2D eigenvalue weighted by molar-refractivity contribution is 6.32.